The molecule has 1 fully saturated rings. The van der Waals surface area contributed by atoms with Crippen molar-refractivity contribution in [1.82, 2.24) is 9.62 Å². The molecule has 1 aliphatic heterocycles. The highest BCUT2D eigenvalue weighted by Gasteiger charge is 2.28. The lowest BCUT2D eigenvalue weighted by atomic mass is 10.1. The van der Waals surface area contributed by atoms with Crippen molar-refractivity contribution in [3.63, 3.8) is 0 Å². The average molecular weight is 405 g/mol. The lowest BCUT2D eigenvalue weighted by Gasteiger charge is -2.28. The zero-order valence-electron chi connectivity index (χ0n) is 15.6. The van der Waals surface area contributed by atoms with Crippen LogP contribution in [0.1, 0.15) is 24.4 Å². The molecular weight excluding hydrogens is 382 g/mol. The zero-order valence-corrected chi connectivity index (χ0v) is 16.4. The maximum Gasteiger partial charge on any atom is 0.271 e. The summed E-state index contributed by atoms with van der Waals surface area (Å²) in [6.45, 7) is 1.97. The molecule has 1 unspecified atom stereocenters. The van der Waals surface area contributed by atoms with Crippen molar-refractivity contribution in [2.24, 2.45) is 0 Å². The lowest BCUT2D eigenvalue weighted by Crippen LogP contribution is -2.36. The second-order valence-electron chi connectivity index (χ2n) is 6.61. The van der Waals surface area contributed by atoms with E-state index in [1.54, 1.807) is 0 Å². The number of non-ortho nitro benzene ring substituents is 1. The topological polar surface area (TPSA) is 102 Å². The van der Waals surface area contributed by atoms with Crippen molar-refractivity contribution >= 4 is 15.7 Å². The Morgan fingerprint density at radius 2 is 1.86 bits per heavy atom. The van der Waals surface area contributed by atoms with Crippen molar-refractivity contribution in [3.8, 4) is 5.75 Å². The van der Waals surface area contributed by atoms with Gasteiger partial charge in [0.15, 0.2) is 0 Å². The van der Waals surface area contributed by atoms with Gasteiger partial charge in [0, 0.05) is 24.7 Å². The third-order valence-electron chi connectivity index (χ3n) is 4.88. The first kappa shape index (κ1) is 20.2. The molecule has 8 nitrogen and oxygen atoms in total. The summed E-state index contributed by atoms with van der Waals surface area (Å²) in [5.74, 6) is 0.0653. The van der Waals surface area contributed by atoms with Gasteiger partial charge in [0.25, 0.3) is 5.69 Å². The molecule has 1 atom stereocenters. The molecule has 0 amide bonds. The number of likely N-dealkylation sites (tertiary alicyclic amines) is 1. The molecule has 1 heterocycles. The zero-order chi connectivity index (χ0) is 20.1. The third-order valence-corrected chi connectivity index (χ3v) is 6.32. The van der Waals surface area contributed by atoms with Gasteiger partial charge in [-0.15, -0.1) is 0 Å². The maximum absolute atomic E-state index is 12.9. The van der Waals surface area contributed by atoms with Gasteiger partial charge in [0.1, 0.15) is 10.6 Å². The first-order valence-electron chi connectivity index (χ1n) is 9.03. The minimum absolute atomic E-state index is 0.0653. The summed E-state index contributed by atoms with van der Waals surface area (Å²) in [5.41, 5.74) is 0.721. The van der Waals surface area contributed by atoms with Gasteiger partial charge in [-0.25, -0.2) is 13.1 Å². The van der Waals surface area contributed by atoms with E-state index in [0.29, 0.717) is 0 Å². The van der Waals surface area contributed by atoms with Gasteiger partial charge in [-0.05, 0) is 37.6 Å². The van der Waals surface area contributed by atoms with E-state index in [9.17, 15) is 18.5 Å². The molecule has 28 heavy (non-hydrogen) atoms. The number of hydrogen-bond acceptors (Lipinski definition) is 6. The van der Waals surface area contributed by atoms with Gasteiger partial charge in [0.2, 0.25) is 10.0 Å². The van der Waals surface area contributed by atoms with E-state index in [1.807, 2.05) is 30.3 Å². The van der Waals surface area contributed by atoms with E-state index in [0.717, 1.165) is 37.6 Å². The molecule has 0 saturated carbocycles. The summed E-state index contributed by atoms with van der Waals surface area (Å²) in [5, 5.41) is 11.0. The number of methoxy groups -OCH3 is 1. The van der Waals surface area contributed by atoms with Gasteiger partial charge < -0.3 is 4.74 Å². The maximum atomic E-state index is 12.9. The Kier molecular flexibility index (Phi) is 6.28. The Balaban J connectivity index is 1.86. The molecule has 0 aliphatic carbocycles. The van der Waals surface area contributed by atoms with Crippen LogP contribution in [0.5, 0.6) is 5.75 Å². The Bertz CT molecular complexity index is 928. The number of hydrogen-bond donors (Lipinski definition) is 1. The van der Waals surface area contributed by atoms with E-state index in [4.69, 9.17) is 4.74 Å². The molecule has 9 heteroatoms. The molecule has 0 aromatic heterocycles. The number of nitrogens with one attached hydrogen (secondary N) is 1. The van der Waals surface area contributed by atoms with Gasteiger partial charge >= 0.3 is 0 Å². The molecule has 0 radical (unpaired) electrons. The summed E-state index contributed by atoms with van der Waals surface area (Å²) >= 11 is 0. The fourth-order valence-corrected chi connectivity index (χ4v) is 4.67. The van der Waals surface area contributed by atoms with Gasteiger partial charge in [-0.3, -0.25) is 15.0 Å². The largest absolute Gasteiger partial charge is 0.495 e. The van der Waals surface area contributed by atoms with Crippen LogP contribution in [0.25, 0.3) is 0 Å². The van der Waals surface area contributed by atoms with Crippen LogP contribution in [0.3, 0.4) is 0 Å². The van der Waals surface area contributed by atoms with Crippen LogP contribution in [0.15, 0.2) is 53.4 Å². The molecule has 1 N–H and O–H groups in total. The van der Waals surface area contributed by atoms with E-state index >= 15 is 0 Å². The molecule has 2 aromatic rings. The molecule has 3 rings (SSSR count). The Hall–Kier alpha value is -2.49. The Morgan fingerprint density at radius 1 is 1.18 bits per heavy atom. The predicted octanol–water partition coefficient (Wildman–Crippen LogP) is 2.72. The highest BCUT2D eigenvalue weighted by atomic mass is 32.2. The van der Waals surface area contributed by atoms with Crippen LogP contribution in [0, 0.1) is 10.1 Å². The Labute approximate surface area is 164 Å². The van der Waals surface area contributed by atoms with Gasteiger partial charge in [-0.2, -0.15) is 0 Å². The molecule has 0 spiro atoms. The lowest BCUT2D eigenvalue weighted by molar-refractivity contribution is -0.385. The SMILES string of the molecule is COc1ccc([N+](=O)[O-])cc1S(=O)(=O)NCC(c1ccccc1)N1CCCC1. The van der Waals surface area contributed by atoms with E-state index in [-0.39, 0.29) is 28.9 Å². The molecule has 0 bridgehead atoms. The second kappa shape index (κ2) is 8.68. The highest BCUT2D eigenvalue weighted by molar-refractivity contribution is 7.89. The standard InChI is InChI=1S/C19H23N3O5S/c1-27-18-10-9-16(22(23)24)13-19(18)28(25,26)20-14-17(21-11-5-6-12-21)15-7-3-2-4-8-15/h2-4,7-10,13,17,20H,5-6,11-12,14H2,1H3. The van der Waals surface area contributed by atoms with Gasteiger partial charge in [-0.1, -0.05) is 30.3 Å². The molecule has 1 aliphatic rings. The normalized spacial score (nSPS) is 16.0. The summed E-state index contributed by atoms with van der Waals surface area (Å²) in [6, 6.07) is 13.2. The first-order chi connectivity index (χ1) is 13.4. The van der Waals surface area contributed by atoms with Crippen molar-refractivity contribution in [2.45, 2.75) is 23.8 Å². The fourth-order valence-electron chi connectivity index (χ4n) is 3.44. The summed E-state index contributed by atoms with van der Waals surface area (Å²) in [7, 11) is -2.67. The van der Waals surface area contributed by atoms with Crippen molar-refractivity contribution in [3.05, 3.63) is 64.2 Å². The van der Waals surface area contributed by atoms with E-state index in [2.05, 4.69) is 9.62 Å². The minimum atomic E-state index is -4.00. The smallest absolute Gasteiger partial charge is 0.271 e. The van der Waals surface area contributed by atoms with Crippen LogP contribution in [0.4, 0.5) is 5.69 Å². The quantitative estimate of drug-likeness (QED) is 0.535. The number of benzene rings is 2. The first-order valence-corrected chi connectivity index (χ1v) is 10.5. The predicted molar refractivity (Wildman–Crippen MR) is 105 cm³/mol. The summed E-state index contributed by atoms with van der Waals surface area (Å²) < 4.78 is 33.5. The van der Waals surface area contributed by atoms with Gasteiger partial charge in [0.05, 0.1) is 12.0 Å². The Morgan fingerprint density at radius 3 is 2.46 bits per heavy atom. The number of nitro groups is 1. The number of rotatable bonds is 8. The summed E-state index contributed by atoms with van der Waals surface area (Å²) in [4.78, 5) is 12.4. The van der Waals surface area contributed by atoms with E-state index in [1.165, 1.54) is 19.2 Å². The van der Waals surface area contributed by atoms with E-state index < -0.39 is 14.9 Å². The van der Waals surface area contributed by atoms with Crippen LogP contribution in [-0.4, -0.2) is 45.0 Å². The average Bonchev–Trinajstić information content (AvgIpc) is 3.23. The molecule has 150 valence electrons. The summed E-state index contributed by atoms with van der Waals surface area (Å²) in [6.07, 6.45) is 2.16. The van der Waals surface area contributed by atoms with Crippen LogP contribution in [-0.2, 0) is 10.0 Å². The van der Waals surface area contributed by atoms with Crippen LogP contribution in [0.2, 0.25) is 0 Å². The number of nitro benzene ring substituents is 1. The number of sulfonamides is 1. The third kappa shape index (κ3) is 4.49. The molecule has 2 aromatic carbocycles. The number of nitrogens with zero attached hydrogens (tertiary/aromatic N) is 2. The van der Waals surface area contributed by atoms with Crippen LogP contribution < -0.4 is 9.46 Å². The molecular formula is C19H23N3O5S. The highest BCUT2D eigenvalue weighted by Crippen LogP contribution is 2.29. The van der Waals surface area contributed by atoms with Crippen LogP contribution >= 0.6 is 0 Å². The fraction of sp³-hybridized carbons (Fsp3) is 0.368. The van der Waals surface area contributed by atoms with Crippen molar-refractivity contribution < 1.29 is 18.1 Å². The molecule has 1 saturated heterocycles. The van der Waals surface area contributed by atoms with Crippen molar-refractivity contribution in [1.29, 1.82) is 0 Å². The number of ether oxygens (including phenoxy) is 1. The second-order valence-corrected chi connectivity index (χ2v) is 8.35. The minimum Gasteiger partial charge on any atom is -0.495 e. The van der Waals surface area contributed by atoms with Crippen molar-refractivity contribution in [2.75, 3.05) is 26.7 Å². The monoisotopic (exact) mass is 405 g/mol.